The van der Waals surface area contributed by atoms with Gasteiger partial charge in [-0.15, -0.1) is 0 Å². The van der Waals surface area contributed by atoms with Crippen LogP contribution in [0.2, 0.25) is 0 Å². The van der Waals surface area contributed by atoms with Crippen LogP contribution in [0.1, 0.15) is 5.56 Å². The lowest BCUT2D eigenvalue weighted by atomic mass is 10.0. The number of aliphatic carboxylic acids is 1. The molecular formula is C16H20F2N2O5S. The maximum Gasteiger partial charge on any atom is 0.387 e. The fourth-order valence-electron chi connectivity index (χ4n) is 3.72. The van der Waals surface area contributed by atoms with Gasteiger partial charge >= 0.3 is 12.6 Å². The van der Waals surface area contributed by atoms with Crippen LogP contribution < -0.4 is 4.74 Å². The van der Waals surface area contributed by atoms with E-state index in [1.807, 2.05) is 4.90 Å². The van der Waals surface area contributed by atoms with Crippen LogP contribution in [0.4, 0.5) is 8.78 Å². The molecule has 2 heterocycles. The first-order valence-electron chi connectivity index (χ1n) is 8.17. The topological polar surface area (TPSA) is 87.2 Å². The average Bonchev–Trinajstić information content (AvgIpc) is 2.85. The fraction of sp³-hybridized carbons (Fsp3) is 0.562. The molecule has 1 aromatic carbocycles. The summed E-state index contributed by atoms with van der Waals surface area (Å²) in [5, 5.41) is 9.04. The van der Waals surface area contributed by atoms with Crippen molar-refractivity contribution in [2.24, 2.45) is 0 Å². The summed E-state index contributed by atoms with van der Waals surface area (Å²) in [6.45, 7) is -1.77. The Morgan fingerprint density at radius 1 is 1.23 bits per heavy atom. The lowest BCUT2D eigenvalue weighted by Gasteiger charge is -2.43. The van der Waals surface area contributed by atoms with E-state index in [0.29, 0.717) is 19.6 Å². The zero-order valence-corrected chi connectivity index (χ0v) is 14.7. The number of benzene rings is 1. The molecular weight excluding hydrogens is 370 g/mol. The largest absolute Gasteiger partial charge is 0.480 e. The van der Waals surface area contributed by atoms with Gasteiger partial charge in [-0.3, -0.25) is 14.6 Å². The van der Waals surface area contributed by atoms with Gasteiger partial charge in [0.2, 0.25) is 0 Å². The Bertz CT molecular complexity index is 774. The van der Waals surface area contributed by atoms with Crippen LogP contribution >= 0.6 is 0 Å². The number of hydrogen-bond donors (Lipinski definition) is 1. The lowest BCUT2D eigenvalue weighted by molar-refractivity contribution is -0.139. The van der Waals surface area contributed by atoms with Gasteiger partial charge in [-0.25, -0.2) is 8.42 Å². The normalized spacial score (nSPS) is 26.0. The second kappa shape index (κ2) is 7.45. The van der Waals surface area contributed by atoms with Crippen molar-refractivity contribution < 1.29 is 31.8 Å². The number of carboxylic acids is 1. The van der Waals surface area contributed by atoms with Crippen molar-refractivity contribution in [2.45, 2.75) is 25.2 Å². The summed E-state index contributed by atoms with van der Waals surface area (Å²) in [4.78, 5) is 14.7. The van der Waals surface area contributed by atoms with Crippen molar-refractivity contribution in [2.75, 3.05) is 31.1 Å². The van der Waals surface area contributed by atoms with Crippen LogP contribution in [0.3, 0.4) is 0 Å². The van der Waals surface area contributed by atoms with Crippen molar-refractivity contribution in [1.29, 1.82) is 0 Å². The van der Waals surface area contributed by atoms with E-state index in [4.69, 9.17) is 5.11 Å². The predicted molar refractivity (Wildman–Crippen MR) is 88.9 cm³/mol. The van der Waals surface area contributed by atoms with Crippen LogP contribution in [0.15, 0.2) is 24.3 Å². The van der Waals surface area contributed by atoms with Crippen LogP contribution in [0.25, 0.3) is 0 Å². The summed E-state index contributed by atoms with van der Waals surface area (Å²) in [7, 11) is -3.25. The summed E-state index contributed by atoms with van der Waals surface area (Å²) < 4.78 is 53.3. The van der Waals surface area contributed by atoms with Crippen molar-refractivity contribution in [3.05, 3.63) is 29.8 Å². The first kappa shape index (κ1) is 19.0. The van der Waals surface area contributed by atoms with Crippen molar-refractivity contribution in [3.8, 4) is 5.75 Å². The molecule has 0 unspecified atom stereocenters. The van der Waals surface area contributed by atoms with E-state index < -0.39 is 22.4 Å². The molecule has 2 aliphatic heterocycles. The highest BCUT2D eigenvalue weighted by Gasteiger charge is 2.46. The molecule has 2 atom stereocenters. The fourth-order valence-corrected chi connectivity index (χ4v) is 5.76. The molecule has 0 aromatic heterocycles. The zero-order chi connectivity index (χ0) is 18.9. The SMILES string of the molecule is O=C(O)CN1CCN(Cc2cccc(OC(F)F)c2)[C@@H]2CS(=O)(=O)C[C@@H]21. The van der Waals surface area contributed by atoms with E-state index in [2.05, 4.69) is 4.74 Å². The molecule has 0 amide bonds. The molecule has 26 heavy (non-hydrogen) atoms. The second-order valence-corrected chi connectivity index (χ2v) is 8.73. The van der Waals surface area contributed by atoms with Gasteiger partial charge in [-0.05, 0) is 17.7 Å². The summed E-state index contributed by atoms with van der Waals surface area (Å²) in [6, 6.07) is 5.63. The van der Waals surface area contributed by atoms with Gasteiger partial charge < -0.3 is 9.84 Å². The van der Waals surface area contributed by atoms with Crippen molar-refractivity contribution in [1.82, 2.24) is 9.80 Å². The van der Waals surface area contributed by atoms with Crippen molar-refractivity contribution in [3.63, 3.8) is 0 Å². The Morgan fingerprint density at radius 3 is 2.54 bits per heavy atom. The van der Waals surface area contributed by atoms with Crippen LogP contribution in [0.5, 0.6) is 5.75 Å². The van der Waals surface area contributed by atoms with Gasteiger partial charge in [0.15, 0.2) is 9.84 Å². The molecule has 0 radical (unpaired) electrons. The average molecular weight is 390 g/mol. The smallest absolute Gasteiger partial charge is 0.387 e. The van der Waals surface area contributed by atoms with E-state index in [-0.39, 0.29) is 35.9 Å². The third-order valence-corrected chi connectivity index (χ3v) is 6.45. The minimum Gasteiger partial charge on any atom is -0.480 e. The molecule has 2 aliphatic rings. The van der Waals surface area contributed by atoms with E-state index >= 15 is 0 Å². The molecule has 1 aromatic rings. The standard InChI is InChI=1S/C16H20F2N2O5S/c17-16(18)25-12-3-1-2-11(6-12)7-19-4-5-20(8-15(21)22)14-10-26(23,24)9-13(14)19/h1-3,6,13-14,16H,4-5,7-10H2,(H,21,22)/t13-,14+/m1/s1. The van der Waals surface area contributed by atoms with Gasteiger partial charge in [0.05, 0.1) is 18.1 Å². The zero-order valence-electron chi connectivity index (χ0n) is 13.9. The summed E-state index contributed by atoms with van der Waals surface area (Å²) in [5.41, 5.74) is 0.734. The Balaban J connectivity index is 1.76. The number of sulfone groups is 1. The molecule has 144 valence electrons. The molecule has 1 N–H and O–H groups in total. The minimum absolute atomic E-state index is 0.0268. The number of halogens is 2. The molecule has 0 aliphatic carbocycles. The van der Waals surface area contributed by atoms with Gasteiger partial charge in [0.1, 0.15) is 5.75 Å². The maximum absolute atomic E-state index is 12.4. The number of ether oxygens (including phenoxy) is 1. The quantitative estimate of drug-likeness (QED) is 0.763. The molecule has 2 saturated heterocycles. The van der Waals surface area contributed by atoms with Gasteiger partial charge in [-0.1, -0.05) is 12.1 Å². The first-order valence-corrected chi connectivity index (χ1v) is 10.00. The van der Waals surface area contributed by atoms with E-state index in [9.17, 15) is 22.0 Å². The highest BCUT2D eigenvalue weighted by atomic mass is 32.2. The number of carbonyl (C=O) groups is 1. The number of nitrogens with zero attached hydrogens (tertiary/aromatic N) is 2. The number of hydrogen-bond acceptors (Lipinski definition) is 6. The van der Waals surface area contributed by atoms with Crippen LogP contribution in [-0.2, 0) is 21.2 Å². The molecule has 10 heteroatoms. The maximum atomic E-state index is 12.4. The van der Waals surface area contributed by atoms with E-state index in [1.54, 1.807) is 17.0 Å². The second-order valence-electron chi connectivity index (χ2n) is 6.57. The van der Waals surface area contributed by atoms with Crippen LogP contribution in [0, 0.1) is 0 Å². The first-order chi connectivity index (χ1) is 12.2. The van der Waals surface area contributed by atoms with Gasteiger partial charge in [0, 0.05) is 31.7 Å². The Hall–Kier alpha value is -1.78. The molecule has 7 nitrogen and oxygen atoms in total. The van der Waals surface area contributed by atoms with Crippen molar-refractivity contribution >= 4 is 15.8 Å². The van der Waals surface area contributed by atoms with E-state index in [0.717, 1.165) is 5.56 Å². The predicted octanol–water partition coefficient (Wildman–Crippen LogP) is 0.656. The third kappa shape index (κ3) is 4.49. The Labute approximate surface area is 150 Å². The number of fused-ring (bicyclic) bond motifs is 1. The molecule has 0 spiro atoms. The Morgan fingerprint density at radius 2 is 1.88 bits per heavy atom. The number of alkyl halides is 2. The van der Waals surface area contributed by atoms with E-state index in [1.165, 1.54) is 12.1 Å². The lowest BCUT2D eigenvalue weighted by Crippen LogP contribution is -2.59. The number of rotatable bonds is 6. The number of carboxylic acid groups (broad SMARTS) is 1. The highest BCUT2D eigenvalue weighted by molar-refractivity contribution is 7.91. The molecule has 0 saturated carbocycles. The van der Waals surface area contributed by atoms with Gasteiger partial charge in [-0.2, -0.15) is 8.78 Å². The molecule has 0 bridgehead atoms. The number of piperazine rings is 1. The summed E-state index contributed by atoms with van der Waals surface area (Å²) in [6.07, 6.45) is 0. The van der Waals surface area contributed by atoms with Gasteiger partial charge in [0.25, 0.3) is 0 Å². The highest BCUT2D eigenvalue weighted by Crippen LogP contribution is 2.28. The summed E-state index contributed by atoms with van der Waals surface area (Å²) >= 11 is 0. The third-order valence-electron chi connectivity index (χ3n) is 4.75. The Kier molecular flexibility index (Phi) is 5.44. The van der Waals surface area contributed by atoms with Crippen LogP contribution in [-0.4, -0.2) is 79.1 Å². The minimum atomic E-state index is -3.25. The summed E-state index contributed by atoms with van der Waals surface area (Å²) in [5.74, 6) is -1.02. The monoisotopic (exact) mass is 390 g/mol. The molecule has 3 rings (SSSR count). The molecule has 2 fully saturated rings.